The lowest BCUT2D eigenvalue weighted by Crippen LogP contribution is -2.24. The summed E-state index contributed by atoms with van der Waals surface area (Å²) in [5.74, 6) is 0.316. The molecular formula is C18H16BrN3O2. The fourth-order valence-corrected chi connectivity index (χ4v) is 2.61. The fourth-order valence-electron chi connectivity index (χ4n) is 2.35. The van der Waals surface area contributed by atoms with E-state index in [0.717, 1.165) is 26.6 Å². The topological polar surface area (TPSA) is 66.5 Å². The number of carbonyl (C=O) groups excluding carboxylic acids is 1. The molecule has 6 heteroatoms. The third kappa shape index (κ3) is 3.83. The highest BCUT2D eigenvalue weighted by molar-refractivity contribution is 9.10. The van der Waals surface area contributed by atoms with E-state index < -0.39 is 0 Å². The predicted octanol–water partition coefficient (Wildman–Crippen LogP) is 3.77. The molecule has 2 N–H and O–H groups in total. The van der Waals surface area contributed by atoms with Gasteiger partial charge in [-0.25, -0.2) is 5.43 Å². The van der Waals surface area contributed by atoms with Crippen molar-refractivity contribution in [2.75, 3.05) is 6.61 Å². The van der Waals surface area contributed by atoms with Crippen LogP contribution in [0, 0.1) is 6.92 Å². The number of hydrogen-bond acceptors (Lipinski definition) is 3. The molecule has 122 valence electrons. The highest BCUT2D eigenvalue weighted by atomic mass is 79.9. The number of aromatic nitrogens is 1. The summed E-state index contributed by atoms with van der Waals surface area (Å²) in [6.07, 6.45) is 1.64. The van der Waals surface area contributed by atoms with Crippen LogP contribution in [-0.4, -0.2) is 23.7 Å². The Kier molecular flexibility index (Phi) is 4.96. The minimum atomic E-state index is -0.313. The lowest BCUT2D eigenvalue weighted by atomic mass is 10.1. The van der Waals surface area contributed by atoms with E-state index in [1.807, 2.05) is 43.3 Å². The lowest BCUT2D eigenvalue weighted by molar-refractivity contribution is -0.123. The van der Waals surface area contributed by atoms with Crippen LogP contribution in [0.4, 0.5) is 0 Å². The summed E-state index contributed by atoms with van der Waals surface area (Å²) in [7, 11) is 0. The van der Waals surface area contributed by atoms with Crippen LogP contribution in [0.1, 0.15) is 11.3 Å². The largest absolute Gasteiger partial charge is 0.484 e. The number of ether oxygens (including phenoxy) is 1. The molecule has 0 fully saturated rings. The number of aromatic amines is 1. The molecule has 1 amide bonds. The molecule has 0 aliphatic carbocycles. The van der Waals surface area contributed by atoms with Crippen LogP contribution in [0.5, 0.6) is 5.75 Å². The van der Waals surface area contributed by atoms with Crippen molar-refractivity contribution in [1.29, 1.82) is 0 Å². The van der Waals surface area contributed by atoms with Gasteiger partial charge in [0.1, 0.15) is 5.75 Å². The zero-order valence-corrected chi connectivity index (χ0v) is 14.6. The standard InChI is InChI=1S/C18H16BrN3O2/c1-12-16(15-4-2-3-5-17(15)21-12)10-20-22-18(23)11-24-14-8-6-13(19)7-9-14/h2-10,21H,11H2,1H3,(H,22,23)/b20-10+. The summed E-state index contributed by atoms with van der Waals surface area (Å²) < 4.78 is 6.35. The number of benzene rings is 2. The number of fused-ring (bicyclic) bond motifs is 1. The molecule has 0 saturated heterocycles. The van der Waals surface area contributed by atoms with E-state index in [9.17, 15) is 4.79 Å². The first-order valence-electron chi connectivity index (χ1n) is 7.41. The normalized spacial score (nSPS) is 11.1. The van der Waals surface area contributed by atoms with E-state index in [1.54, 1.807) is 18.3 Å². The van der Waals surface area contributed by atoms with Crippen molar-refractivity contribution in [2.45, 2.75) is 6.92 Å². The Labute approximate surface area is 147 Å². The smallest absolute Gasteiger partial charge is 0.277 e. The van der Waals surface area contributed by atoms with Gasteiger partial charge >= 0.3 is 0 Å². The van der Waals surface area contributed by atoms with E-state index in [0.29, 0.717) is 5.75 Å². The summed E-state index contributed by atoms with van der Waals surface area (Å²) in [6.45, 7) is 1.88. The highest BCUT2D eigenvalue weighted by Crippen LogP contribution is 2.19. The van der Waals surface area contributed by atoms with E-state index >= 15 is 0 Å². The maximum atomic E-state index is 11.8. The van der Waals surface area contributed by atoms with Crippen LogP contribution >= 0.6 is 15.9 Å². The molecule has 0 aliphatic heterocycles. The first-order chi connectivity index (χ1) is 11.6. The van der Waals surface area contributed by atoms with Crippen molar-refractivity contribution in [3.8, 4) is 5.75 Å². The number of carbonyl (C=O) groups is 1. The Morgan fingerprint density at radius 3 is 2.79 bits per heavy atom. The number of hydrazone groups is 1. The molecule has 0 saturated carbocycles. The van der Waals surface area contributed by atoms with Crippen LogP contribution < -0.4 is 10.2 Å². The average Bonchev–Trinajstić information content (AvgIpc) is 2.90. The number of nitrogens with one attached hydrogen (secondary N) is 2. The molecule has 0 aliphatic rings. The Morgan fingerprint density at radius 2 is 2.00 bits per heavy atom. The van der Waals surface area contributed by atoms with Crippen molar-refractivity contribution >= 4 is 39.0 Å². The number of hydrogen-bond donors (Lipinski definition) is 2. The van der Waals surface area contributed by atoms with Gasteiger partial charge in [-0.3, -0.25) is 4.79 Å². The number of H-pyrrole nitrogens is 1. The maximum Gasteiger partial charge on any atom is 0.277 e. The number of para-hydroxylation sites is 1. The van der Waals surface area contributed by atoms with Crippen LogP contribution in [0.25, 0.3) is 10.9 Å². The van der Waals surface area contributed by atoms with Gasteiger partial charge in [-0.2, -0.15) is 5.10 Å². The van der Waals surface area contributed by atoms with Gasteiger partial charge in [0.25, 0.3) is 5.91 Å². The molecule has 1 heterocycles. The molecule has 0 bridgehead atoms. The van der Waals surface area contributed by atoms with Crippen molar-refractivity contribution in [3.63, 3.8) is 0 Å². The van der Waals surface area contributed by atoms with Crippen molar-refractivity contribution in [3.05, 3.63) is 64.3 Å². The van der Waals surface area contributed by atoms with Crippen molar-refractivity contribution in [2.24, 2.45) is 5.10 Å². The summed E-state index contributed by atoms with van der Waals surface area (Å²) in [5, 5.41) is 5.09. The number of nitrogens with zero attached hydrogens (tertiary/aromatic N) is 1. The number of halogens is 1. The second-order valence-corrected chi connectivity index (χ2v) is 6.16. The Morgan fingerprint density at radius 1 is 1.25 bits per heavy atom. The van der Waals surface area contributed by atoms with Gasteiger partial charge < -0.3 is 9.72 Å². The Hall–Kier alpha value is -2.60. The number of aryl methyl sites for hydroxylation is 1. The molecule has 0 atom stereocenters. The first kappa shape index (κ1) is 16.3. The third-order valence-electron chi connectivity index (χ3n) is 3.51. The molecule has 1 aromatic heterocycles. The molecule has 0 unspecified atom stereocenters. The monoisotopic (exact) mass is 385 g/mol. The Balaban J connectivity index is 1.58. The van der Waals surface area contributed by atoms with Crippen LogP contribution in [0.3, 0.4) is 0 Å². The van der Waals surface area contributed by atoms with Crippen molar-refractivity contribution in [1.82, 2.24) is 10.4 Å². The fraction of sp³-hybridized carbons (Fsp3) is 0.111. The molecule has 3 aromatic rings. The van der Waals surface area contributed by atoms with Gasteiger partial charge in [-0.15, -0.1) is 0 Å². The van der Waals surface area contributed by atoms with E-state index in [2.05, 4.69) is 31.4 Å². The van der Waals surface area contributed by atoms with E-state index in [1.165, 1.54) is 0 Å². The third-order valence-corrected chi connectivity index (χ3v) is 4.04. The van der Waals surface area contributed by atoms with E-state index in [-0.39, 0.29) is 12.5 Å². The van der Waals surface area contributed by atoms with Gasteiger partial charge in [0, 0.05) is 26.6 Å². The molecule has 0 radical (unpaired) electrons. The van der Waals surface area contributed by atoms with Gasteiger partial charge in [0.15, 0.2) is 6.61 Å². The molecule has 2 aromatic carbocycles. The molecule has 5 nitrogen and oxygen atoms in total. The quantitative estimate of drug-likeness (QED) is 0.518. The van der Waals surface area contributed by atoms with Crippen LogP contribution in [-0.2, 0) is 4.79 Å². The first-order valence-corrected chi connectivity index (χ1v) is 8.20. The highest BCUT2D eigenvalue weighted by Gasteiger charge is 2.06. The SMILES string of the molecule is Cc1[nH]c2ccccc2c1/C=N/NC(=O)COc1ccc(Br)cc1. The number of rotatable bonds is 5. The Bertz CT molecular complexity index is 885. The number of amides is 1. The van der Waals surface area contributed by atoms with Gasteiger partial charge in [-0.05, 0) is 37.3 Å². The van der Waals surface area contributed by atoms with Gasteiger partial charge in [0.2, 0.25) is 0 Å². The van der Waals surface area contributed by atoms with Crippen molar-refractivity contribution < 1.29 is 9.53 Å². The lowest BCUT2D eigenvalue weighted by Gasteiger charge is -2.04. The maximum absolute atomic E-state index is 11.8. The minimum absolute atomic E-state index is 0.0914. The average molecular weight is 386 g/mol. The zero-order valence-electron chi connectivity index (χ0n) is 13.0. The molecule has 3 rings (SSSR count). The van der Waals surface area contributed by atoms with Crippen LogP contribution in [0.2, 0.25) is 0 Å². The second kappa shape index (κ2) is 7.31. The van der Waals surface area contributed by atoms with Crippen LogP contribution in [0.15, 0.2) is 58.1 Å². The molecule has 24 heavy (non-hydrogen) atoms. The zero-order chi connectivity index (χ0) is 16.9. The summed E-state index contributed by atoms with van der Waals surface area (Å²) in [5.41, 5.74) is 5.48. The van der Waals surface area contributed by atoms with Gasteiger partial charge in [-0.1, -0.05) is 34.1 Å². The molecular weight excluding hydrogens is 370 g/mol. The molecule has 0 spiro atoms. The summed E-state index contributed by atoms with van der Waals surface area (Å²) in [6, 6.07) is 15.2. The summed E-state index contributed by atoms with van der Waals surface area (Å²) in [4.78, 5) is 15.1. The predicted molar refractivity (Wildman–Crippen MR) is 98.4 cm³/mol. The second-order valence-electron chi connectivity index (χ2n) is 5.25. The van der Waals surface area contributed by atoms with E-state index in [4.69, 9.17) is 4.74 Å². The van der Waals surface area contributed by atoms with Gasteiger partial charge in [0.05, 0.1) is 6.21 Å². The minimum Gasteiger partial charge on any atom is -0.484 e. The summed E-state index contributed by atoms with van der Waals surface area (Å²) >= 11 is 3.34.